The molecule has 1 aromatic heterocycles. The van der Waals surface area contributed by atoms with E-state index in [-0.39, 0.29) is 11.5 Å². The molecule has 1 aliphatic rings. The minimum atomic E-state index is -0.318. The summed E-state index contributed by atoms with van der Waals surface area (Å²) >= 11 is 0. The monoisotopic (exact) mass is 352 g/mol. The summed E-state index contributed by atoms with van der Waals surface area (Å²) in [5.41, 5.74) is 4.14. The molecule has 0 aliphatic heterocycles. The van der Waals surface area contributed by atoms with Crippen LogP contribution in [-0.4, -0.2) is 25.4 Å². The largest absolute Gasteiger partial charge is 0.497 e. The summed E-state index contributed by atoms with van der Waals surface area (Å²) in [5, 5.41) is 11.5. The van der Waals surface area contributed by atoms with Gasteiger partial charge >= 0.3 is 0 Å². The van der Waals surface area contributed by atoms with Gasteiger partial charge in [-0.05, 0) is 59.7 Å². The van der Waals surface area contributed by atoms with E-state index >= 15 is 0 Å². The van der Waals surface area contributed by atoms with Crippen LogP contribution in [0.3, 0.4) is 0 Å². The lowest BCUT2D eigenvalue weighted by atomic mass is 9.72. The Bertz CT molecular complexity index is 945. The maximum absolute atomic E-state index is 10.4. The second-order valence-corrected chi connectivity index (χ2v) is 7.76. The van der Waals surface area contributed by atoms with E-state index in [2.05, 4.69) is 26.0 Å². The average molecular weight is 352 g/mol. The first-order valence-corrected chi connectivity index (χ1v) is 8.86. The molecule has 0 bridgehead atoms. The van der Waals surface area contributed by atoms with E-state index in [0.717, 1.165) is 40.2 Å². The Morgan fingerprint density at radius 3 is 2.31 bits per heavy atom. The number of hydrogen-bond acceptors (Lipinski definition) is 4. The highest BCUT2D eigenvalue weighted by atomic mass is 16.5. The molecule has 4 nitrogen and oxygen atoms in total. The Labute approximate surface area is 153 Å². The fourth-order valence-corrected chi connectivity index (χ4v) is 3.72. The van der Waals surface area contributed by atoms with E-state index in [1.165, 1.54) is 11.1 Å². The van der Waals surface area contributed by atoms with Crippen molar-refractivity contribution in [1.82, 2.24) is 0 Å². The molecule has 136 valence electrons. The van der Waals surface area contributed by atoms with Gasteiger partial charge in [0.25, 0.3) is 0 Å². The third-order valence-corrected chi connectivity index (χ3v) is 5.44. The number of hydrogen-bond donors (Lipinski definition) is 1. The minimum Gasteiger partial charge on any atom is -0.497 e. The van der Waals surface area contributed by atoms with Crippen LogP contribution in [0.15, 0.2) is 40.8 Å². The molecule has 3 aromatic rings. The predicted molar refractivity (Wildman–Crippen MR) is 102 cm³/mol. The number of furan rings is 1. The fourth-order valence-electron chi connectivity index (χ4n) is 3.72. The van der Waals surface area contributed by atoms with Crippen LogP contribution in [0.1, 0.15) is 25.0 Å². The summed E-state index contributed by atoms with van der Waals surface area (Å²) in [7, 11) is 3.27. The maximum atomic E-state index is 10.4. The molecule has 4 rings (SSSR count). The molecule has 1 unspecified atom stereocenters. The number of ether oxygens (including phenoxy) is 2. The first-order valence-electron chi connectivity index (χ1n) is 8.86. The van der Waals surface area contributed by atoms with Crippen LogP contribution in [0, 0.1) is 5.41 Å². The lowest BCUT2D eigenvalue weighted by Gasteiger charge is -2.36. The first kappa shape index (κ1) is 17.0. The van der Waals surface area contributed by atoms with Gasteiger partial charge in [-0.1, -0.05) is 13.8 Å². The van der Waals surface area contributed by atoms with Crippen molar-refractivity contribution in [3.63, 3.8) is 0 Å². The summed E-state index contributed by atoms with van der Waals surface area (Å²) < 4.78 is 16.9. The summed E-state index contributed by atoms with van der Waals surface area (Å²) in [6.07, 6.45) is 1.22. The molecule has 0 spiro atoms. The molecular weight excluding hydrogens is 328 g/mol. The van der Waals surface area contributed by atoms with Crippen molar-refractivity contribution in [2.45, 2.75) is 32.8 Å². The molecule has 1 aliphatic carbocycles. The summed E-state index contributed by atoms with van der Waals surface area (Å²) in [6, 6.07) is 12.0. The molecule has 1 heterocycles. The maximum Gasteiger partial charge on any atom is 0.135 e. The molecule has 0 saturated carbocycles. The van der Waals surface area contributed by atoms with Crippen LogP contribution in [0.4, 0.5) is 0 Å². The van der Waals surface area contributed by atoms with Gasteiger partial charge in [-0.25, -0.2) is 0 Å². The van der Waals surface area contributed by atoms with Gasteiger partial charge < -0.3 is 19.0 Å². The van der Waals surface area contributed by atoms with Crippen molar-refractivity contribution < 1.29 is 19.0 Å². The second kappa shape index (κ2) is 6.06. The number of aliphatic hydroxyl groups is 1. The van der Waals surface area contributed by atoms with Crippen LogP contribution < -0.4 is 9.47 Å². The molecule has 2 aromatic carbocycles. The Hall–Kier alpha value is -2.46. The van der Waals surface area contributed by atoms with Gasteiger partial charge in [0, 0.05) is 17.0 Å². The SMILES string of the molecule is COc1cc(OC)cc(-c2cc3cc4c(cc3o2)CC(C)(C)C(O)C4)c1. The zero-order chi connectivity index (χ0) is 18.5. The molecule has 0 saturated heterocycles. The first-order chi connectivity index (χ1) is 12.4. The summed E-state index contributed by atoms with van der Waals surface area (Å²) in [6.45, 7) is 4.22. The summed E-state index contributed by atoms with van der Waals surface area (Å²) in [5.74, 6) is 2.23. The van der Waals surface area contributed by atoms with Crippen LogP contribution in [0.2, 0.25) is 0 Å². The quantitative estimate of drug-likeness (QED) is 0.748. The Balaban J connectivity index is 1.80. The lowest BCUT2D eigenvalue weighted by molar-refractivity contribution is 0.0426. The van der Waals surface area contributed by atoms with E-state index in [1.807, 2.05) is 24.3 Å². The fraction of sp³-hybridized carbons (Fsp3) is 0.364. The molecule has 1 atom stereocenters. The van der Waals surface area contributed by atoms with Gasteiger partial charge in [-0.15, -0.1) is 0 Å². The minimum absolute atomic E-state index is 0.115. The number of rotatable bonds is 3. The van der Waals surface area contributed by atoms with Crippen molar-refractivity contribution in [1.29, 1.82) is 0 Å². The second-order valence-electron chi connectivity index (χ2n) is 7.76. The van der Waals surface area contributed by atoms with Crippen molar-refractivity contribution in [3.05, 3.63) is 47.5 Å². The molecule has 4 heteroatoms. The third-order valence-electron chi connectivity index (χ3n) is 5.44. The van der Waals surface area contributed by atoms with Gasteiger partial charge in [-0.3, -0.25) is 0 Å². The zero-order valence-electron chi connectivity index (χ0n) is 15.6. The van der Waals surface area contributed by atoms with E-state index in [9.17, 15) is 5.11 Å². The number of aliphatic hydroxyl groups excluding tert-OH is 1. The zero-order valence-corrected chi connectivity index (χ0v) is 15.6. The highest BCUT2D eigenvalue weighted by molar-refractivity contribution is 5.85. The van der Waals surface area contributed by atoms with Gasteiger partial charge in [0.1, 0.15) is 22.8 Å². The topological polar surface area (TPSA) is 51.8 Å². The number of fused-ring (bicyclic) bond motifs is 2. The van der Waals surface area contributed by atoms with Gasteiger partial charge in [0.15, 0.2) is 0 Å². The Kier molecular flexibility index (Phi) is 3.96. The van der Waals surface area contributed by atoms with Crippen molar-refractivity contribution in [2.75, 3.05) is 14.2 Å². The molecule has 26 heavy (non-hydrogen) atoms. The van der Waals surface area contributed by atoms with Crippen molar-refractivity contribution in [2.24, 2.45) is 5.41 Å². The van der Waals surface area contributed by atoms with Gasteiger partial charge in [0.05, 0.1) is 20.3 Å². The van der Waals surface area contributed by atoms with Crippen LogP contribution in [0.5, 0.6) is 11.5 Å². The molecular formula is C22H24O4. The highest BCUT2D eigenvalue weighted by Gasteiger charge is 2.34. The third kappa shape index (κ3) is 2.84. The predicted octanol–water partition coefficient (Wildman–Crippen LogP) is 4.60. The lowest BCUT2D eigenvalue weighted by Crippen LogP contribution is -2.37. The van der Waals surface area contributed by atoms with Crippen molar-refractivity contribution in [3.8, 4) is 22.8 Å². The normalized spacial score (nSPS) is 18.6. The number of methoxy groups -OCH3 is 2. The number of benzene rings is 2. The van der Waals surface area contributed by atoms with E-state index in [1.54, 1.807) is 14.2 Å². The Morgan fingerprint density at radius 1 is 0.962 bits per heavy atom. The van der Waals surface area contributed by atoms with Gasteiger partial charge in [-0.2, -0.15) is 0 Å². The van der Waals surface area contributed by atoms with Crippen molar-refractivity contribution >= 4 is 11.0 Å². The van der Waals surface area contributed by atoms with Gasteiger partial charge in [0.2, 0.25) is 0 Å². The van der Waals surface area contributed by atoms with E-state index in [0.29, 0.717) is 6.42 Å². The van der Waals surface area contributed by atoms with Crippen LogP contribution in [0.25, 0.3) is 22.3 Å². The Morgan fingerprint density at radius 2 is 1.65 bits per heavy atom. The molecule has 0 fully saturated rings. The highest BCUT2D eigenvalue weighted by Crippen LogP contribution is 2.39. The average Bonchev–Trinajstić information content (AvgIpc) is 3.03. The van der Waals surface area contributed by atoms with Crippen LogP contribution in [-0.2, 0) is 12.8 Å². The smallest absolute Gasteiger partial charge is 0.135 e. The standard InChI is InChI=1S/C22H24O4/c1-22(2)12-16-9-20-14(5-13(16)10-21(22)23)8-19(26-20)15-6-17(24-3)11-18(7-15)25-4/h5-9,11,21,23H,10,12H2,1-4H3. The van der Waals surface area contributed by atoms with E-state index < -0.39 is 0 Å². The molecule has 0 radical (unpaired) electrons. The molecule has 0 amide bonds. The van der Waals surface area contributed by atoms with Crippen LogP contribution >= 0.6 is 0 Å². The molecule has 1 N–H and O–H groups in total. The summed E-state index contributed by atoms with van der Waals surface area (Å²) in [4.78, 5) is 0. The van der Waals surface area contributed by atoms with E-state index in [4.69, 9.17) is 13.9 Å².